The highest BCUT2D eigenvalue weighted by molar-refractivity contribution is 9.10. The summed E-state index contributed by atoms with van der Waals surface area (Å²) in [5.74, 6) is 1.17. The number of aryl methyl sites for hydroxylation is 1. The molecule has 0 bridgehead atoms. The van der Waals surface area contributed by atoms with Crippen LogP contribution in [-0.2, 0) is 16.6 Å². The van der Waals surface area contributed by atoms with Gasteiger partial charge in [0, 0.05) is 0 Å². The SMILES string of the molecule is COc1ccc(COc2nc(Br)cnc2NS(=O)(=O)c2ccccc2C)cc1OC. The summed E-state index contributed by atoms with van der Waals surface area (Å²) in [6, 6.07) is 12.0. The highest BCUT2D eigenvalue weighted by atomic mass is 79.9. The summed E-state index contributed by atoms with van der Waals surface area (Å²) >= 11 is 3.23. The Hall–Kier alpha value is -2.85. The van der Waals surface area contributed by atoms with Gasteiger partial charge in [0.1, 0.15) is 11.2 Å². The zero-order chi connectivity index (χ0) is 21.7. The van der Waals surface area contributed by atoms with E-state index < -0.39 is 10.0 Å². The Morgan fingerprint density at radius 1 is 1.07 bits per heavy atom. The first-order valence-electron chi connectivity index (χ1n) is 8.78. The molecule has 0 aliphatic carbocycles. The van der Waals surface area contributed by atoms with Gasteiger partial charge in [-0.15, -0.1) is 0 Å². The van der Waals surface area contributed by atoms with Crippen LogP contribution < -0.4 is 18.9 Å². The smallest absolute Gasteiger partial charge is 0.263 e. The third-order valence-corrected chi connectivity index (χ3v) is 6.03. The molecule has 0 saturated heterocycles. The van der Waals surface area contributed by atoms with Crippen molar-refractivity contribution in [3.63, 3.8) is 0 Å². The standard InChI is InChI=1S/C20H20BrN3O5S/c1-13-6-4-5-7-17(13)30(25,26)24-19-20(23-18(21)11-22-19)29-12-14-8-9-15(27-2)16(10-14)28-3/h4-11H,12H2,1-3H3,(H,22,24). The van der Waals surface area contributed by atoms with E-state index in [2.05, 4.69) is 30.6 Å². The van der Waals surface area contributed by atoms with Gasteiger partial charge in [-0.3, -0.25) is 4.72 Å². The van der Waals surface area contributed by atoms with Crippen molar-refractivity contribution in [3.05, 3.63) is 64.4 Å². The lowest BCUT2D eigenvalue weighted by molar-refractivity contribution is 0.292. The normalized spacial score (nSPS) is 11.1. The lowest BCUT2D eigenvalue weighted by Gasteiger charge is -2.14. The van der Waals surface area contributed by atoms with Crippen LogP contribution in [0.2, 0.25) is 0 Å². The molecule has 158 valence electrons. The molecule has 3 rings (SSSR count). The fourth-order valence-corrected chi connectivity index (χ4v) is 4.20. The van der Waals surface area contributed by atoms with E-state index >= 15 is 0 Å². The molecule has 3 aromatic rings. The molecule has 1 N–H and O–H groups in total. The Morgan fingerprint density at radius 3 is 2.50 bits per heavy atom. The Kier molecular flexibility index (Phi) is 6.78. The van der Waals surface area contributed by atoms with Gasteiger partial charge in [0.2, 0.25) is 5.82 Å². The van der Waals surface area contributed by atoms with Crippen LogP contribution in [0.1, 0.15) is 11.1 Å². The number of benzene rings is 2. The van der Waals surface area contributed by atoms with Gasteiger partial charge in [-0.2, -0.15) is 0 Å². The van der Waals surface area contributed by atoms with E-state index in [1.807, 2.05) is 6.07 Å². The topological polar surface area (TPSA) is 99.6 Å². The lowest BCUT2D eigenvalue weighted by atomic mass is 10.2. The Bertz CT molecular complexity index is 1150. The molecule has 10 heteroatoms. The van der Waals surface area contributed by atoms with Crippen molar-refractivity contribution in [2.75, 3.05) is 18.9 Å². The highest BCUT2D eigenvalue weighted by Crippen LogP contribution is 2.29. The number of methoxy groups -OCH3 is 2. The molecule has 0 aliphatic rings. The number of anilines is 1. The van der Waals surface area contributed by atoms with Gasteiger partial charge in [0.05, 0.1) is 25.3 Å². The summed E-state index contributed by atoms with van der Waals surface area (Å²) in [6.07, 6.45) is 1.39. The predicted molar refractivity (Wildman–Crippen MR) is 116 cm³/mol. The monoisotopic (exact) mass is 493 g/mol. The molecule has 30 heavy (non-hydrogen) atoms. The zero-order valence-corrected chi connectivity index (χ0v) is 19.0. The molecule has 0 amide bonds. The molecule has 0 saturated carbocycles. The number of aromatic nitrogens is 2. The third-order valence-electron chi connectivity index (χ3n) is 4.15. The van der Waals surface area contributed by atoms with E-state index in [1.165, 1.54) is 12.3 Å². The molecule has 0 fully saturated rings. The number of nitrogens with zero attached hydrogens (tertiary/aromatic N) is 2. The van der Waals surface area contributed by atoms with Crippen LogP contribution in [0.15, 0.2) is 58.2 Å². The number of halogens is 1. The van der Waals surface area contributed by atoms with E-state index in [1.54, 1.807) is 51.5 Å². The Balaban J connectivity index is 1.85. The minimum Gasteiger partial charge on any atom is -0.493 e. The average molecular weight is 494 g/mol. The van der Waals surface area contributed by atoms with Crippen molar-refractivity contribution in [3.8, 4) is 17.4 Å². The highest BCUT2D eigenvalue weighted by Gasteiger charge is 2.20. The largest absolute Gasteiger partial charge is 0.493 e. The second-order valence-electron chi connectivity index (χ2n) is 6.20. The Morgan fingerprint density at radius 2 is 1.80 bits per heavy atom. The Labute approximate surface area is 183 Å². The maximum absolute atomic E-state index is 12.8. The molecular formula is C20H20BrN3O5S. The van der Waals surface area contributed by atoms with Crippen molar-refractivity contribution in [2.45, 2.75) is 18.4 Å². The third kappa shape index (κ3) is 5.00. The van der Waals surface area contributed by atoms with Gasteiger partial charge in [-0.05, 0) is 52.2 Å². The van der Waals surface area contributed by atoms with Crippen LogP contribution in [-0.4, -0.2) is 32.6 Å². The summed E-state index contributed by atoms with van der Waals surface area (Å²) in [7, 11) is -0.770. The van der Waals surface area contributed by atoms with Gasteiger partial charge in [-0.1, -0.05) is 24.3 Å². The van der Waals surface area contributed by atoms with Crippen LogP contribution in [0.4, 0.5) is 5.82 Å². The van der Waals surface area contributed by atoms with Crippen molar-refractivity contribution >= 4 is 31.8 Å². The van der Waals surface area contributed by atoms with Crippen molar-refractivity contribution < 1.29 is 22.6 Å². The average Bonchev–Trinajstić information content (AvgIpc) is 2.73. The van der Waals surface area contributed by atoms with E-state index in [4.69, 9.17) is 14.2 Å². The van der Waals surface area contributed by atoms with Gasteiger partial charge < -0.3 is 14.2 Å². The summed E-state index contributed by atoms with van der Waals surface area (Å²) in [4.78, 5) is 8.49. The molecule has 1 aromatic heterocycles. The summed E-state index contributed by atoms with van der Waals surface area (Å²) in [5.41, 5.74) is 1.39. The van der Waals surface area contributed by atoms with E-state index in [0.717, 1.165) is 5.56 Å². The molecule has 0 unspecified atom stereocenters. The van der Waals surface area contributed by atoms with E-state index in [-0.39, 0.29) is 23.2 Å². The maximum atomic E-state index is 12.8. The van der Waals surface area contributed by atoms with Crippen molar-refractivity contribution in [1.29, 1.82) is 0 Å². The fourth-order valence-electron chi connectivity index (χ4n) is 2.68. The summed E-state index contributed by atoms with van der Waals surface area (Å²) in [6.45, 7) is 1.83. The first kappa shape index (κ1) is 21.8. The summed E-state index contributed by atoms with van der Waals surface area (Å²) in [5, 5.41) is 0. The number of hydrogen-bond acceptors (Lipinski definition) is 7. The fraction of sp³-hybridized carbons (Fsp3) is 0.200. The quantitative estimate of drug-likeness (QED) is 0.506. The minimum absolute atomic E-state index is 0.0121. The second kappa shape index (κ2) is 9.31. The molecule has 8 nitrogen and oxygen atoms in total. The molecule has 2 aromatic carbocycles. The van der Waals surface area contributed by atoms with Crippen LogP contribution in [0.3, 0.4) is 0 Å². The van der Waals surface area contributed by atoms with Gasteiger partial charge >= 0.3 is 0 Å². The van der Waals surface area contributed by atoms with Gasteiger partial charge in [0.15, 0.2) is 11.5 Å². The zero-order valence-electron chi connectivity index (χ0n) is 16.5. The molecule has 0 spiro atoms. The van der Waals surface area contributed by atoms with Crippen LogP contribution in [0.5, 0.6) is 17.4 Å². The van der Waals surface area contributed by atoms with Gasteiger partial charge in [0.25, 0.3) is 15.9 Å². The summed E-state index contributed by atoms with van der Waals surface area (Å²) < 4.78 is 44.8. The lowest BCUT2D eigenvalue weighted by Crippen LogP contribution is -2.16. The molecular weight excluding hydrogens is 474 g/mol. The number of sulfonamides is 1. The van der Waals surface area contributed by atoms with Gasteiger partial charge in [-0.25, -0.2) is 18.4 Å². The van der Waals surface area contributed by atoms with E-state index in [0.29, 0.717) is 21.7 Å². The van der Waals surface area contributed by atoms with Crippen molar-refractivity contribution in [2.24, 2.45) is 0 Å². The van der Waals surface area contributed by atoms with Crippen LogP contribution in [0.25, 0.3) is 0 Å². The predicted octanol–water partition coefficient (Wildman–Crippen LogP) is 3.94. The van der Waals surface area contributed by atoms with Crippen LogP contribution >= 0.6 is 15.9 Å². The number of ether oxygens (including phenoxy) is 3. The van der Waals surface area contributed by atoms with Crippen molar-refractivity contribution in [1.82, 2.24) is 9.97 Å². The number of hydrogen-bond donors (Lipinski definition) is 1. The number of rotatable bonds is 8. The first-order chi connectivity index (χ1) is 14.3. The molecule has 0 radical (unpaired) electrons. The molecule has 0 aliphatic heterocycles. The maximum Gasteiger partial charge on any atom is 0.263 e. The molecule has 0 atom stereocenters. The van der Waals surface area contributed by atoms with Crippen LogP contribution in [0, 0.1) is 6.92 Å². The number of nitrogens with one attached hydrogen (secondary N) is 1. The molecule has 1 heterocycles. The van der Waals surface area contributed by atoms with E-state index in [9.17, 15) is 8.42 Å². The second-order valence-corrected chi connectivity index (χ2v) is 8.66. The minimum atomic E-state index is -3.87. The first-order valence-corrected chi connectivity index (χ1v) is 11.1.